The Morgan fingerprint density at radius 1 is 1.42 bits per heavy atom. The first-order valence-corrected chi connectivity index (χ1v) is 4.75. The normalized spacial score (nSPS) is 34.5. The molecule has 1 aliphatic heterocycles. The van der Waals surface area contributed by atoms with Gasteiger partial charge < -0.3 is 9.47 Å². The molecule has 0 amide bonds. The minimum atomic E-state index is -0.0143. The summed E-state index contributed by atoms with van der Waals surface area (Å²) >= 11 is 0. The topological polar surface area (TPSA) is 18.5 Å². The van der Waals surface area contributed by atoms with E-state index in [9.17, 15) is 0 Å². The highest BCUT2D eigenvalue weighted by Crippen LogP contribution is 2.35. The van der Waals surface area contributed by atoms with Gasteiger partial charge in [-0.25, -0.2) is 0 Å². The van der Waals surface area contributed by atoms with Gasteiger partial charge in [-0.2, -0.15) is 0 Å². The lowest BCUT2D eigenvalue weighted by atomic mass is 9.93. The molecule has 0 aromatic heterocycles. The van der Waals surface area contributed by atoms with Crippen molar-refractivity contribution in [2.75, 3.05) is 0 Å². The maximum absolute atomic E-state index is 5.75. The van der Waals surface area contributed by atoms with Crippen molar-refractivity contribution in [2.45, 2.75) is 59.0 Å². The van der Waals surface area contributed by atoms with Crippen LogP contribution in [0.15, 0.2) is 0 Å². The summed E-state index contributed by atoms with van der Waals surface area (Å²) < 4.78 is 11.3. The second kappa shape index (κ2) is 3.35. The van der Waals surface area contributed by atoms with Gasteiger partial charge in [0.25, 0.3) is 0 Å². The van der Waals surface area contributed by atoms with Crippen LogP contribution in [0.5, 0.6) is 0 Å². The fourth-order valence-corrected chi connectivity index (χ4v) is 1.46. The lowest BCUT2D eigenvalue weighted by Gasteiger charge is -2.23. The smallest absolute Gasteiger partial charge is 0.159 e. The molecule has 0 radical (unpaired) electrons. The molecular formula is C10H20O2. The summed E-state index contributed by atoms with van der Waals surface area (Å²) in [5.41, 5.74) is -0.0143. The van der Waals surface area contributed by atoms with E-state index in [2.05, 4.69) is 20.8 Å². The van der Waals surface area contributed by atoms with Gasteiger partial charge in [0.2, 0.25) is 0 Å². The van der Waals surface area contributed by atoms with Gasteiger partial charge in [0.15, 0.2) is 6.29 Å². The molecule has 0 aliphatic carbocycles. The number of hydrogen-bond donors (Lipinski definition) is 0. The Bertz CT molecular complexity index is 152. The standard InChI is InChI=1S/C10H20O2/c1-7(2)11-9-6-8(3)10(4,5)12-9/h7-9H,6H2,1-5H3. The van der Waals surface area contributed by atoms with E-state index in [1.165, 1.54) is 0 Å². The van der Waals surface area contributed by atoms with Crippen molar-refractivity contribution in [3.05, 3.63) is 0 Å². The zero-order valence-electron chi connectivity index (χ0n) is 8.76. The zero-order valence-corrected chi connectivity index (χ0v) is 8.76. The highest BCUT2D eigenvalue weighted by atomic mass is 16.7. The van der Waals surface area contributed by atoms with Crippen LogP contribution in [0, 0.1) is 5.92 Å². The van der Waals surface area contributed by atoms with Crippen LogP contribution < -0.4 is 0 Å². The summed E-state index contributed by atoms with van der Waals surface area (Å²) in [5.74, 6) is 0.584. The molecule has 12 heavy (non-hydrogen) atoms. The Balaban J connectivity index is 2.44. The molecule has 2 heteroatoms. The molecule has 0 aromatic carbocycles. The lowest BCUT2D eigenvalue weighted by Crippen LogP contribution is -2.26. The Morgan fingerprint density at radius 2 is 2.00 bits per heavy atom. The Morgan fingerprint density at radius 3 is 2.33 bits per heavy atom. The number of rotatable bonds is 2. The first-order valence-electron chi connectivity index (χ1n) is 4.75. The Hall–Kier alpha value is -0.0800. The average Bonchev–Trinajstić information content (AvgIpc) is 2.04. The fourth-order valence-electron chi connectivity index (χ4n) is 1.46. The van der Waals surface area contributed by atoms with Crippen molar-refractivity contribution in [3.63, 3.8) is 0 Å². The molecule has 1 fully saturated rings. The Labute approximate surface area is 75.2 Å². The van der Waals surface area contributed by atoms with E-state index in [0.29, 0.717) is 5.92 Å². The zero-order chi connectivity index (χ0) is 9.35. The molecule has 2 nitrogen and oxygen atoms in total. The molecule has 0 N–H and O–H groups in total. The van der Waals surface area contributed by atoms with Crippen LogP contribution in [0.3, 0.4) is 0 Å². The van der Waals surface area contributed by atoms with Crippen molar-refractivity contribution in [3.8, 4) is 0 Å². The van der Waals surface area contributed by atoms with Crippen LogP contribution in [0.25, 0.3) is 0 Å². The third-order valence-corrected chi connectivity index (χ3v) is 2.59. The monoisotopic (exact) mass is 172 g/mol. The second-order valence-electron chi connectivity index (χ2n) is 4.47. The maximum Gasteiger partial charge on any atom is 0.159 e. The number of ether oxygens (including phenoxy) is 2. The number of hydrogen-bond acceptors (Lipinski definition) is 2. The van der Waals surface area contributed by atoms with Gasteiger partial charge in [-0.05, 0) is 33.6 Å². The van der Waals surface area contributed by atoms with Crippen LogP contribution in [0.2, 0.25) is 0 Å². The summed E-state index contributed by atoms with van der Waals surface area (Å²) in [5, 5.41) is 0. The summed E-state index contributed by atoms with van der Waals surface area (Å²) in [4.78, 5) is 0. The molecule has 1 saturated heterocycles. The van der Waals surface area contributed by atoms with Crippen LogP contribution in [0.4, 0.5) is 0 Å². The van der Waals surface area contributed by atoms with E-state index >= 15 is 0 Å². The molecule has 72 valence electrons. The largest absolute Gasteiger partial charge is 0.350 e. The van der Waals surface area contributed by atoms with E-state index < -0.39 is 0 Å². The molecule has 0 saturated carbocycles. The van der Waals surface area contributed by atoms with Gasteiger partial charge in [-0.3, -0.25) is 0 Å². The highest BCUT2D eigenvalue weighted by Gasteiger charge is 2.39. The quantitative estimate of drug-likeness (QED) is 0.637. The van der Waals surface area contributed by atoms with Crippen LogP contribution in [0.1, 0.15) is 41.0 Å². The molecule has 2 unspecified atom stereocenters. The summed E-state index contributed by atoms with van der Waals surface area (Å²) in [6.07, 6.45) is 1.29. The van der Waals surface area contributed by atoms with Crippen molar-refractivity contribution < 1.29 is 9.47 Å². The van der Waals surface area contributed by atoms with Crippen molar-refractivity contribution in [1.82, 2.24) is 0 Å². The van der Waals surface area contributed by atoms with Gasteiger partial charge in [-0.1, -0.05) is 6.92 Å². The summed E-state index contributed by atoms with van der Waals surface area (Å²) in [6.45, 7) is 10.5. The van der Waals surface area contributed by atoms with E-state index in [0.717, 1.165) is 6.42 Å². The molecule has 1 rings (SSSR count). The molecule has 2 atom stereocenters. The van der Waals surface area contributed by atoms with Gasteiger partial charge >= 0.3 is 0 Å². The van der Waals surface area contributed by atoms with E-state index in [1.807, 2.05) is 13.8 Å². The van der Waals surface area contributed by atoms with Crippen molar-refractivity contribution >= 4 is 0 Å². The summed E-state index contributed by atoms with van der Waals surface area (Å²) in [7, 11) is 0. The van der Waals surface area contributed by atoms with Gasteiger partial charge in [0.05, 0.1) is 11.7 Å². The molecule has 0 bridgehead atoms. The summed E-state index contributed by atoms with van der Waals surface area (Å²) in [6, 6.07) is 0. The average molecular weight is 172 g/mol. The SMILES string of the molecule is CC(C)OC1CC(C)C(C)(C)O1. The first-order chi connectivity index (χ1) is 5.42. The van der Waals surface area contributed by atoms with E-state index in [1.54, 1.807) is 0 Å². The maximum atomic E-state index is 5.75. The van der Waals surface area contributed by atoms with E-state index in [4.69, 9.17) is 9.47 Å². The van der Waals surface area contributed by atoms with Crippen molar-refractivity contribution in [2.24, 2.45) is 5.92 Å². The molecule has 1 aliphatic rings. The predicted molar refractivity (Wildman–Crippen MR) is 49.0 cm³/mol. The van der Waals surface area contributed by atoms with Crippen molar-refractivity contribution in [1.29, 1.82) is 0 Å². The van der Waals surface area contributed by atoms with Crippen LogP contribution in [-0.4, -0.2) is 18.0 Å². The molecule has 0 aromatic rings. The fraction of sp³-hybridized carbons (Fsp3) is 1.00. The first kappa shape index (κ1) is 10.0. The molecule has 1 heterocycles. The minimum absolute atomic E-state index is 0.00926. The molecular weight excluding hydrogens is 152 g/mol. The van der Waals surface area contributed by atoms with Crippen LogP contribution >= 0.6 is 0 Å². The predicted octanol–water partition coefficient (Wildman–Crippen LogP) is 2.57. The van der Waals surface area contributed by atoms with Gasteiger partial charge in [0.1, 0.15) is 0 Å². The van der Waals surface area contributed by atoms with Gasteiger partial charge in [0, 0.05) is 6.42 Å². The third-order valence-electron chi connectivity index (χ3n) is 2.59. The minimum Gasteiger partial charge on any atom is -0.350 e. The van der Waals surface area contributed by atoms with Crippen LogP contribution in [-0.2, 0) is 9.47 Å². The highest BCUT2D eigenvalue weighted by molar-refractivity contribution is 4.83. The lowest BCUT2D eigenvalue weighted by molar-refractivity contribution is -0.176. The second-order valence-corrected chi connectivity index (χ2v) is 4.47. The third kappa shape index (κ3) is 2.20. The Kier molecular flexibility index (Phi) is 2.79. The van der Waals surface area contributed by atoms with E-state index in [-0.39, 0.29) is 18.0 Å². The molecule has 0 spiro atoms. The van der Waals surface area contributed by atoms with Gasteiger partial charge in [-0.15, -0.1) is 0 Å².